The molecular formula is C14H20ClN3O2. The van der Waals surface area contributed by atoms with Crippen LogP contribution < -0.4 is 16.0 Å². The number of hydrogen-bond acceptors (Lipinski definition) is 3. The first-order chi connectivity index (χ1) is 9.52. The Morgan fingerprint density at radius 3 is 2.50 bits per heavy atom. The smallest absolute Gasteiger partial charge is 0.238 e. The maximum atomic E-state index is 11.7. The maximum absolute atomic E-state index is 11.7. The Morgan fingerprint density at radius 2 is 1.90 bits per heavy atom. The van der Waals surface area contributed by atoms with Crippen molar-refractivity contribution in [2.24, 2.45) is 0 Å². The average Bonchev–Trinajstić information content (AvgIpc) is 2.44. The molecule has 3 N–H and O–H groups in total. The minimum atomic E-state index is -0.405. The van der Waals surface area contributed by atoms with Gasteiger partial charge in [-0.1, -0.05) is 18.5 Å². The Kier molecular flexibility index (Phi) is 7.04. The molecule has 6 heteroatoms. The Balaban J connectivity index is 2.32. The zero-order valence-corrected chi connectivity index (χ0v) is 12.5. The molecule has 0 radical (unpaired) electrons. The summed E-state index contributed by atoms with van der Waals surface area (Å²) in [4.78, 5) is 23.3. The molecule has 0 saturated carbocycles. The number of amides is 2. The van der Waals surface area contributed by atoms with Gasteiger partial charge < -0.3 is 10.6 Å². The van der Waals surface area contributed by atoms with Gasteiger partial charge in [-0.2, -0.15) is 0 Å². The number of hydrogen-bond donors (Lipinski definition) is 3. The Bertz CT molecular complexity index is 448. The van der Waals surface area contributed by atoms with Gasteiger partial charge in [0.2, 0.25) is 11.8 Å². The normalized spacial score (nSPS) is 11.8. The molecule has 0 aromatic heterocycles. The summed E-state index contributed by atoms with van der Waals surface area (Å²) in [6.45, 7) is 4.42. The quantitative estimate of drug-likeness (QED) is 0.718. The molecule has 20 heavy (non-hydrogen) atoms. The van der Waals surface area contributed by atoms with Crippen LogP contribution in [0.15, 0.2) is 24.3 Å². The molecule has 2 amide bonds. The first kappa shape index (κ1) is 16.5. The van der Waals surface area contributed by atoms with Gasteiger partial charge in [0.05, 0.1) is 12.6 Å². The molecule has 0 spiro atoms. The van der Waals surface area contributed by atoms with Crippen molar-refractivity contribution in [3.05, 3.63) is 29.3 Å². The number of anilines is 1. The summed E-state index contributed by atoms with van der Waals surface area (Å²) in [5.41, 5.74) is 0.671. The zero-order valence-electron chi connectivity index (χ0n) is 11.7. The molecular weight excluding hydrogens is 278 g/mol. The van der Waals surface area contributed by atoms with Gasteiger partial charge in [0.25, 0.3) is 0 Å². The van der Waals surface area contributed by atoms with E-state index in [0.29, 0.717) is 17.3 Å². The van der Waals surface area contributed by atoms with Crippen LogP contribution in [0.2, 0.25) is 5.02 Å². The highest BCUT2D eigenvalue weighted by Crippen LogP contribution is 2.12. The van der Waals surface area contributed by atoms with Crippen molar-refractivity contribution in [2.75, 3.05) is 18.4 Å². The van der Waals surface area contributed by atoms with E-state index in [1.807, 2.05) is 6.92 Å². The molecule has 1 rings (SSSR count). The molecule has 1 unspecified atom stereocenters. The van der Waals surface area contributed by atoms with Crippen LogP contribution in [0.4, 0.5) is 5.69 Å². The third kappa shape index (κ3) is 6.04. The van der Waals surface area contributed by atoms with E-state index in [-0.39, 0.29) is 18.4 Å². The number of carbonyl (C=O) groups is 2. The van der Waals surface area contributed by atoms with Crippen molar-refractivity contribution in [3.63, 3.8) is 0 Å². The van der Waals surface area contributed by atoms with Crippen molar-refractivity contribution in [3.8, 4) is 0 Å². The van der Waals surface area contributed by atoms with Crippen LogP contribution in [0, 0.1) is 0 Å². The Morgan fingerprint density at radius 1 is 1.25 bits per heavy atom. The summed E-state index contributed by atoms with van der Waals surface area (Å²) < 4.78 is 0. The maximum Gasteiger partial charge on any atom is 0.238 e. The fourth-order valence-corrected chi connectivity index (χ4v) is 1.60. The van der Waals surface area contributed by atoms with Crippen LogP contribution in [0.5, 0.6) is 0 Å². The summed E-state index contributed by atoms with van der Waals surface area (Å²) in [5, 5.41) is 8.96. The van der Waals surface area contributed by atoms with E-state index in [1.165, 1.54) is 0 Å². The molecule has 0 aliphatic carbocycles. The lowest BCUT2D eigenvalue weighted by molar-refractivity contribution is -0.123. The molecule has 1 aromatic rings. The van der Waals surface area contributed by atoms with Crippen LogP contribution in [0.3, 0.4) is 0 Å². The predicted octanol–water partition coefficient (Wildman–Crippen LogP) is 1.78. The third-order valence-corrected chi connectivity index (χ3v) is 2.89. The summed E-state index contributed by atoms with van der Waals surface area (Å²) in [7, 11) is 0. The number of nitrogens with one attached hydrogen (secondary N) is 3. The van der Waals surface area contributed by atoms with Crippen molar-refractivity contribution in [1.82, 2.24) is 10.6 Å². The predicted molar refractivity (Wildman–Crippen MR) is 80.8 cm³/mol. The van der Waals surface area contributed by atoms with Gasteiger partial charge in [-0.15, -0.1) is 0 Å². The summed E-state index contributed by atoms with van der Waals surface area (Å²) >= 11 is 5.76. The number of benzene rings is 1. The van der Waals surface area contributed by atoms with Gasteiger partial charge in [-0.05, 0) is 37.6 Å². The lowest BCUT2D eigenvalue weighted by Gasteiger charge is -2.13. The van der Waals surface area contributed by atoms with E-state index in [2.05, 4.69) is 16.0 Å². The highest BCUT2D eigenvalue weighted by atomic mass is 35.5. The number of rotatable bonds is 7. The summed E-state index contributed by atoms with van der Waals surface area (Å²) in [6.07, 6.45) is 0.884. The lowest BCUT2D eigenvalue weighted by atomic mass is 10.3. The van der Waals surface area contributed by atoms with Gasteiger partial charge in [0.1, 0.15) is 0 Å². The van der Waals surface area contributed by atoms with Crippen LogP contribution in [-0.2, 0) is 9.59 Å². The molecule has 0 aliphatic heterocycles. The van der Waals surface area contributed by atoms with Crippen molar-refractivity contribution in [1.29, 1.82) is 0 Å². The van der Waals surface area contributed by atoms with Crippen LogP contribution in [0.25, 0.3) is 0 Å². The largest absolute Gasteiger partial charge is 0.355 e. The summed E-state index contributed by atoms with van der Waals surface area (Å²) in [6, 6.07) is 6.43. The second kappa shape index (κ2) is 8.55. The highest BCUT2D eigenvalue weighted by Gasteiger charge is 2.12. The monoisotopic (exact) mass is 297 g/mol. The van der Waals surface area contributed by atoms with Gasteiger partial charge >= 0.3 is 0 Å². The SMILES string of the molecule is CCCNC(=O)C(C)NCC(=O)Nc1ccc(Cl)cc1. The molecule has 0 aliphatic rings. The van der Waals surface area contributed by atoms with Gasteiger partial charge in [0.15, 0.2) is 0 Å². The zero-order chi connectivity index (χ0) is 15.0. The van der Waals surface area contributed by atoms with Crippen molar-refractivity contribution in [2.45, 2.75) is 26.3 Å². The lowest BCUT2D eigenvalue weighted by Crippen LogP contribution is -2.45. The molecule has 110 valence electrons. The van der Waals surface area contributed by atoms with E-state index in [4.69, 9.17) is 11.6 Å². The molecule has 1 aromatic carbocycles. The van der Waals surface area contributed by atoms with E-state index >= 15 is 0 Å². The fourth-order valence-electron chi connectivity index (χ4n) is 1.48. The third-order valence-electron chi connectivity index (χ3n) is 2.64. The van der Waals surface area contributed by atoms with E-state index in [9.17, 15) is 9.59 Å². The highest BCUT2D eigenvalue weighted by molar-refractivity contribution is 6.30. The minimum Gasteiger partial charge on any atom is -0.355 e. The minimum absolute atomic E-state index is 0.0728. The standard InChI is InChI=1S/C14H20ClN3O2/c1-3-8-16-14(20)10(2)17-9-13(19)18-12-6-4-11(15)5-7-12/h4-7,10,17H,3,8-9H2,1-2H3,(H,16,20)(H,18,19). The first-order valence-electron chi connectivity index (χ1n) is 6.59. The van der Waals surface area contributed by atoms with Crippen molar-refractivity contribution >= 4 is 29.1 Å². The van der Waals surface area contributed by atoms with E-state index in [0.717, 1.165) is 6.42 Å². The number of halogens is 1. The second-order valence-corrected chi connectivity index (χ2v) is 4.89. The molecule has 0 fully saturated rings. The molecule has 0 bridgehead atoms. The Labute approximate surface area is 124 Å². The van der Waals surface area contributed by atoms with E-state index < -0.39 is 6.04 Å². The molecule has 5 nitrogen and oxygen atoms in total. The van der Waals surface area contributed by atoms with Gasteiger partial charge in [0, 0.05) is 17.3 Å². The fraction of sp³-hybridized carbons (Fsp3) is 0.429. The first-order valence-corrected chi connectivity index (χ1v) is 6.97. The second-order valence-electron chi connectivity index (χ2n) is 4.45. The van der Waals surface area contributed by atoms with Crippen LogP contribution in [-0.4, -0.2) is 30.9 Å². The van der Waals surface area contributed by atoms with Crippen molar-refractivity contribution < 1.29 is 9.59 Å². The molecule has 0 saturated heterocycles. The summed E-state index contributed by atoms with van der Waals surface area (Å²) in [5.74, 6) is -0.311. The molecule has 1 atom stereocenters. The molecule has 0 heterocycles. The average molecular weight is 298 g/mol. The number of carbonyl (C=O) groups excluding carboxylic acids is 2. The Hall–Kier alpha value is -1.59. The van der Waals surface area contributed by atoms with E-state index in [1.54, 1.807) is 31.2 Å². The van der Waals surface area contributed by atoms with Gasteiger partial charge in [-0.3, -0.25) is 14.9 Å². The van der Waals surface area contributed by atoms with Crippen LogP contribution in [0.1, 0.15) is 20.3 Å². The van der Waals surface area contributed by atoms with Gasteiger partial charge in [-0.25, -0.2) is 0 Å². The topological polar surface area (TPSA) is 70.2 Å². The van der Waals surface area contributed by atoms with Crippen LogP contribution >= 0.6 is 11.6 Å².